The molecule has 4 aromatic rings. The van der Waals surface area contributed by atoms with E-state index in [1.54, 1.807) is 60.7 Å². The number of halogens is 4. The van der Waals surface area contributed by atoms with E-state index in [1.807, 2.05) is 0 Å². The Morgan fingerprint density at radius 3 is 1.22 bits per heavy atom. The Kier molecular flexibility index (Phi) is 8.31. The lowest BCUT2D eigenvalue weighted by Crippen LogP contribution is -2.36. The van der Waals surface area contributed by atoms with Gasteiger partial charge in [0.25, 0.3) is 0 Å². The monoisotopic (exact) mass is 510 g/mol. The van der Waals surface area contributed by atoms with Gasteiger partial charge in [0.05, 0.1) is 11.1 Å². The quantitative estimate of drug-likeness (QED) is 0.208. The summed E-state index contributed by atoms with van der Waals surface area (Å²) in [4.78, 5) is 34.8. The number of hydrogen-bond donors (Lipinski definition) is 2. The molecule has 0 aliphatic carbocycles. The first-order valence-electron chi connectivity index (χ1n) is 10.6. The molecule has 0 aliphatic rings. The van der Waals surface area contributed by atoms with E-state index in [2.05, 4.69) is 0 Å². The van der Waals surface area contributed by atoms with Crippen molar-refractivity contribution in [1.29, 1.82) is 0 Å². The average molecular weight is 510 g/mol. The Morgan fingerprint density at radius 1 is 0.541 bits per heavy atom. The van der Waals surface area contributed by atoms with E-state index in [4.69, 9.17) is 0 Å². The van der Waals surface area contributed by atoms with Crippen molar-refractivity contribution >= 4 is 17.5 Å². The molecule has 188 valence electrons. The summed E-state index contributed by atoms with van der Waals surface area (Å²) in [6.45, 7) is 0. The predicted molar refractivity (Wildman–Crippen MR) is 125 cm³/mol. The van der Waals surface area contributed by atoms with E-state index in [0.717, 1.165) is 36.4 Å². The first-order valence-corrected chi connectivity index (χ1v) is 10.6. The molecule has 4 rings (SSSR count). The van der Waals surface area contributed by atoms with E-state index in [0.29, 0.717) is 11.1 Å². The molecule has 0 saturated heterocycles. The number of Topliss-reactive ketones (excluding diaryl/α,β-unsaturated/α-hetero) is 2. The van der Waals surface area contributed by atoms with Gasteiger partial charge in [0.15, 0.2) is 23.3 Å². The molecule has 5 nitrogen and oxygen atoms in total. The number of rotatable bonds is 6. The van der Waals surface area contributed by atoms with Gasteiger partial charge in [0.1, 0.15) is 0 Å². The number of carbonyl (C=O) groups is 3. The smallest absolute Gasteiger partial charge is 0.345 e. The molecule has 0 fully saturated rings. The largest absolute Gasteiger partial charge is 0.479 e. The number of carboxylic acids is 1. The van der Waals surface area contributed by atoms with E-state index in [1.165, 1.54) is 0 Å². The van der Waals surface area contributed by atoms with E-state index in [-0.39, 0.29) is 0 Å². The van der Waals surface area contributed by atoms with Gasteiger partial charge in [-0.15, -0.1) is 0 Å². The second kappa shape index (κ2) is 11.4. The van der Waals surface area contributed by atoms with Crippen molar-refractivity contribution in [3.63, 3.8) is 0 Å². The highest BCUT2D eigenvalue weighted by molar-refractivity contribution is 6.49. The third-order valence-corrected chi connectivity index (χ3v) is 5.29. The molecule has 0 saturated carbocycles. The molecule has 0 radical (unpaired) electrons. The van der Waals surface area contributed by atoms with Crippen LogP contribution in [0.25, 0.3) is 0 Å². The summed E-state index contributed by atoms with van der Waals surface area (Å²) in [6, 6.07) is 22.1. The second-order valence-corrected chi connectivity index (χ2v) is 7.61. The minimum absolute atomic E-state index is 0.346. The number of carboxylic acid groups (broad SMARTS) is 1. The lowest BCUT2D eigenvalue weighted by atomic mass is 9.86. The van der Waals surface area contributed by atoms with Crippen molar-refractivity contribution in [2.24, 2.45) is 0 Å². The molecule has 37 heavy (non-hydrogen) atoms. The molecule has 9 heteroatoms. The first-order chi connectivity index (χ1) is 17.6. The van der Waals surface area contributed by atoms with Crippen molar-refractivity contribution in [1.82, 2.24) is 0 Å². The minimum atomic E-state index is -2.00. The molecule has 0 spiro atoms. The van der Waals surface area contributed by atoms with Gasteiger partial charge in [0.2, 0.25) is 17.2 Å². The van der Waals surface area contributed by atoms with Crippen molar-refractivity contribution in [2.75, 3.05) is 0 Å². The Balaban J connectivity index is 0.000000208. The fraction of sp³-hybridized carbons (Fsp3) is 0.0357. The van der Waals surface area contributed by atoms with E-state index in [9.17, 15) is 42.2 Å². The van der Waals surface area contributed by atoms with Crippen molar-refractivity contribution < 1.29 is 42.2 Å². The van der Waals surface area contributed by atoms with Crippen LogP contribution in [0.15, 0.2) is 97.1 Å². The minimum Gasteiger partial charge on any atom is -0.479 e. The highest BCUT2D eigenvalue weighted by Gasteiger charge is 2.39. The summed E-state index contributed by atoms with van der Waals surface area (Å²) >= 11 is 0. The van der Waals surface area contributed by atoms with E-state index < -0.39 is 57.5 Å². The SMILES string of the molecule is O=C(C(=O)c1cccc(F)c1F)c1cccc(F)c1F.O=C(O)C(O)(c1ccccc1)c1ccccc1. The third-order valence-electron chi connectivity index (χ3n) is 5.29. The van der Waals surface area contributed by atoms with Crippen LogP contribution in [-0.4, -0.2) is 27.7 Å². The zero-order valence-electron chi connectivity index (χ0n) is 18.9. The molecule has 0 heterocycles. The Labute approximate surface area is 208 Å². The van der Waals surface area contributed by atoms with Crippen LogP contribution in [0.4, 0.5) is 17.6 Å². The summed E-state index contributed by atoms with van der Waals surface area (Å²) in [5.74, 6) is -9.84. The predicted octanol–water partition coefficient (Wildman–Crippen LogP) is 5.32. The van der Waals surface area contributed by atoms with Gasteiger partial charge in [-0.25, -0.2) is 22.4 Å². The maximum atomic E-state index is 13.4. The average Bonchev–Trinajstić information content (AvgIpc) is 2.92. The van der Waals surface area contributed by atoms with Gasteiger partial charge in [0, 0.05) is 0 Å². The van der Waals surface area contributed by atoms with Gasteiger partial charge in [-0.1, -0.05) is 72.8 Å². The molecule has 0 amide bonds. The Hall–Kier alpha value is -4.63. The topological polar surface area (TPSA) is 91.7 Å². The molecule has 4 aromatic carbocycles. The highest BCUT2D eigenvalue weighted by Crippen LogP contribution is 2.29. The summed E-state index contributed by atoms with van der Waals surface area (Å²) in [6.07, 6.45) is 0. The Bertz CT molecular complexity index is 1340. The van der Waals surface area contributed by atoms with Crippen LogP contribution in [0, 0.1) is 23.3 Å². The van der Waals surface area contributed by atoms with Gasteiger partial charge in [-0.3, -0.25) is 9.59 Å². The van der Waals surface area contributed by atoms with Crippen LogP contribution in [-0.2, 0) is 10.4 Å². The number of aliphatic carboxylic acids is 1. The summed E-state index contributed by atoms with van der Waals surface area (Å²) < 4.78 is 52.7. The number of carbonyl (C=O) groups excluding carboxylic acids is 2. The van der Waals surface area contributed by atoms with Gasteiger partial charge < -0.3 is 10.2 Å². The van der Waals surface area contributed by atoms with Crippen molar-refractivity contribution in [3.05, 3.63) is 143 Å². The third kappa shape index (κ3) is 5.62. The number of benzene rings is 4. The summed E-state index contributed by atoms with van der Waals surface area (Å²) in [5, 5.41) is 19.7. The molecule has 0 aromatic heterocycles. The van der Waals surface area contributed by atoms with Crippen molar-refractivity contribution in [2.45, 2.75) is 5.60 Å². The van der Waals surface area contributed by atoms with Crippen LogP contribution in [0.1, 0.15) is 31.8 Å². The second-order valence-electron chi connectivity index (χ2n) is 7.61. The van der Waals surface area contributed by atoms with Crippen molar-refractivity contribution in [3.8, 4) is 0 Å². The Morgan fingerprint density at radius 2 is 0.892 bits per heavy atom. The maximum Gasteiger partial charge on any atom is 0.345 e. The van der Waals surface area contributed by atoms with Crippen LogP contribution >= 0.6 is 0 Å². The van der Waals surface area contributed by atoms with Gasteiger partial charge in [-0.05, 0) is 35.4 Å². The standard InChI is InChI=1S/C14H6F4O2.C14H12O3/c15-9-5-1-3-7(11(9)17)13(19)14(20)8-4-2-6-10(16)12(8)18;15-13(16)14(17,11-7-3-1-4-8-11)12-9-5-2-6-10-12/h1-6H;1-10,17H,(H,15,16). The summed E-state index contributed by atoms with van der Waals surface area (Å²) in [7, 11) is 0. The maximum absolute atomic E-state index is 13.4. The fourth-order valence-electron chi connectivity index (χ4n) is 3.38. The zero-order chi connectivity index (χ0) is 27.2. The molecule has 0 atom stereocenters. The molecule has 2 N–H and O–H groups in total. The highest BCUT2D eigenvalue weighted by atomic mass is 19.2. The normalized spacial score (nSPS) is 10.7. The lowest BCUT2D eigenvalue weighted by molar-refractivity contribution is -0.155. The zero-order valence-corrected chi connectivity index (χ0v) is 18.9. The van der Waals surface area contributed by atoms with Crippen LogP contribution < -0.4 is 0 Å². The summed E-state index contributed by atoms with van der Waals surface area (Å²) in [5.41, 5.74) is -2.97. The molecule has 0 aliphatic heterocycles. The van der Waals surface area contributed by atoms with Gasteiger partial charge >= 0.3 is 5.97 Å². The molecular weight excluding hydrogens is 492 g/mol. The molecule has 0 unspecified atom stereocenters. The number of aliphatic hydroxyl groups is 1. The first kappa shape index (κ1) is 27.0. The van der Waals surface area contributed by atoms with Crippen LogP contribution in [0.5, 0.6) is 0 Å². The fourth-order valence-corrected chi connectivity index (χ4v) is 3.38. The number of ketones is 2. The number of hydrogen-bond acceptors (Lipinski definition) is 4. The molecule has 0 bridgehead atoms. The van der Waals surface area contributed by atoms with Gasteiger partial charge in [-0.2, -0.15) is 0 Å². The molecular formula is C28H18F4O5. The lowest BCUT2D eigenvalue weighted by Gasteiger charge is -2.24. The van der Waals surface area contributed by atoms with E-state index >= 15 is 0 Å². The van der Waals surface area contributed by atoms with Crippen LogP contribution in [0.3, 0.4) is 0 Å². The van der Waals surface area contributed by atoms with Crippen LogP contribution in [0.2, 0.25) is 0 Å².